The molecule has 5 heteroatoms. The maximum absolute atomic E-state index is 5.92. The van der Waals surface area contributed by atoms with Crippen LogP contribution >= 0.6 is 0 Å². The van der Waals surface area contributed by atoms with Crippen molar-refractivity contribution in [2.45, 2.75) is 52.6 Å². The van der Waals surface area contributed by atoms with Gasteiger partial charge in [0.05, 0.1) is 0 Å². The van der Waals surface area contributed by atoms with E-state index in [9.17, 15) is 0 Å². The topological polar surface area (TPSA) is 53.7 Å². The van der Waals surface area contributed by atoms with Crippen LogP contribution < -0.4 is 5.73 Å². The first-order valence-corrected chi connectivity index (χ1v) is 8.24. The van der Waals surface area contributed by atoms with E-state index in [1.54, 1.807) is 0 Å². The molecule has 0 aromatic carbocycles. The minimum Gasteiger partial charge on any atom is -0.374 e. The molecule has 0 aromatic rings. The third-order valence-electron chi connectivity index (χ3n) is 2.44. The first kappa shape index (κ1) is 16.1. The Bertz CT molecular complexity index is 152. The molecule has 0 heterocycles. The SMILES string of the molecule is CCO[Si](CCC(N)CC)(OCC)OCC. The summed E-state index contributed by atoms with van der Waals surface area (Å²) in [5.41, 5.74) is 5.92. The van der Waals surface area contributed by atoms with Crippen molar-refractivity contribution < 1.29 is 13.3 Å². The number of rotatable bonds is 10. The zero-order valence-electron chi connectivity index (χ0n) is 11.1. The van der Waals surface area contributed by atoms with Crippen molar-refractivity contribution in [1.82, 2.24) is 0 Å². The average molecular weight is 249 g/mol. The van der Waals surface area contributed by atoms with Crippen LogP contribution in [0.2, 0.25) is 6.04 Å². The highest BCUT2D eigenvalue weighted by molar-refractivity contribution is 6.60. The second kappa shape index (κ2) is 9.12. The van der Waals surface area contributed by atoms with Crippen molar-refractivity contribution in [2.24, 2.45) is 5.73 Å². The molecule has 0 saturated carbocycles. The molecule has 0 amide bonds. The van der Waals surface area contributed by atoms with E-state index >= 15 is 0 Å². The summed E-state index contributed by atoms with van der Waals surface area (Å²) in [5, 5.41) is 0. The summed E-state index contributed by atoms with van der Waals surface area (Å²) >= 11 is 0. The maximum Gasteiger partial charge on any atom is 0.500 e. The van der Waals surface area contributed by atoms with Crippen molar-refractivity contribution in [2.75, 3.05) is 19.8 Å². The molecule has 0 rings (SSSR count). The van der Waals surface area contributed by atoms with Crippen molar-refractivity contribution in [3.8, 4) is 0 Å². The van der Waals surface area contributed by atoms with Crippen LogP contribution in [0, 0.1) is 0 Å². The normalized spacial score (nSPS) is 14.1. The largest absolute Gasteiger partial charge is 0.500 e. The van der Waals surface area contributed by atoms with E-state index in [2.05, 4.69) is 6.92 Å². The second-order valence-corrected chi connectivity index (χ2v) is 6.42. The van der Waals surface area contributed by atoms with Gasteiger partial charge < -0.3 is 19.0 Å². The summed E-state index contributed by atoms with van der Waals surface area (Å²) in [7, 11) is -2.45. The Labute approximate surface area is 101 Å². The van der Waals surface area contributed by atoms with E-state index < -0.39 is 8.80 Å². The van der Waals surface area contributed by atoms with Gasteiger partial charge >= 0.3 is 8.80 Å². The van der Waals surface area contributed by atoms with Gasteiger partial charge in [-0.3, -0.25) is 0 Å². The molecule has 4 nitrogen and oxygen atoms in total. The highest BCUT2D eigenvalue weighted by Gasteiger charge is 2.40. The smallest absolute Gasteiger partial charge is 0.374 e. The molecule has 0 radical (unpaired) electrons. The van der Waals surface area contributed by atoms with Crippen LogP contribution in [0.4, 0.5) is 0 Å². The molecule has 98 valence electrons. The fourth-order valence-electron chi connectivity index (χ4n) is 1.57. The van der Waals surface area contributed by atoms with Gasteiger partial charge in [-0.1, -0.05) is 6.92 Å². The van der Waals surface area contributed by atoms with E-state index in [4.69, 9.17) is 19.0 Å². The molecule has 1 atom stereocenters. The Morgan fingerprint density at radius 2 is 1.38 bits per heavy atom. The summed E-state index contributed by atoms with van der Waals surface area (Å²) in [5.74, 6) is 0. The quantitative estimate of drug-likeness (QED) is 0.603. The van der Waals surface area contributed by atoms with E-state index in [0.717, 1.165) is 18.9 Å². The fourth-order valence-corrected chi connectivity index (χ4v) is 4.29. The fraction of sp³-hybridized carbons (Fsp3) is 1.00. The van der Waals surface area contributed by atoms with Gasteiger partial charge in [0.1, 0.15) is 0 Å². The lowest BCUT2D eigenvalue weighted by Crippen LogP contribution is -2.46. The van der Waals surface area contributed by atoms with Crippen LogP contribution in [0.25, 0.3) is 0 Å². The summed E-state index contributed by atoms with van der Waals surface area (Å²) in [6.07, 6.45) is 1.89. The number of hydrogen-bond donors (Lipinski definition) is 1. The predicted molar refractivity (Wildman–Crippen MR) is 68.3 cm³/mol. The Kier molecular flexibility index (Phi) is 9.16. The lowest BCUT2D eigenvalue weighted by molar-refractivity contribution is 0.0703. The molecule has 0 spiro atoms. The molecule has 0 aliphatic rings. The number of hydrogen-bond acceptors (Lipinski definition) is 4. The van der Waals surface area contributed by atoms with Gasteiger partial charge in [-0.25, -0.2) is 0 Å². The summed E-state index contributed by atoms with van der Waals surface area (Å²) in [6.45, 7) is 9.91. The first-order chi connectivity index (χ1) is 7.64. The molecule has 2 N–H and O–H groups in total. The molecule has 0 saturated heterocycles. The zero-order valence-corrected chi connectivity index (χ0v) is 12.1. The Morgan fingerprint density at radius 1 is 0.938 bits per heavy atom. The van der Waals surface area contributed by atoms with Gasteiger partial charge in [0.2, 0.25) is 0 Å². The highest BCUT2D eigenvalue weighted by atomic mass is 28.4. The Hall–Kier alpha value is 0.0569. The maximum atomic E-state index is 5.92. The van der Waals surface area contributed by atoms with Crippen LogP contribution in [0.15, 0.2) is 0 Å². The molecular weight excluding hydrogens is 222 g/mol. The van der Waals surface area contributed by atoms with Gasteiger partial charge in [-0.05, 0) is 33.6 Å². The van der Waals surface area contributed by atoms with E-state index in [-0.39, 0.29) is 6.04 Å². The Morgan fingerprint density at radius 3 is 1.69 bits per heavy atom. The van der Waals surface area contributed by atoms with Crippen LogP contribution in [0.1, 0.15) is 40.5 Å². The van der Waals surface area contributed by atoms with Gasteiger partial charge in [0, 0.05) is 31.9 Å². The molecule has 0 aliphatic carbocycles. The van der Waals surface area contributed by atoms with Gasteiger partial charge in [0.15, 0.2) is 0 Å². The molecule has 0 aliphatic heterocycles. The third kappa shape index (κ3) is 5.96. The minimum atomic E-state index is -2.45. The van der Waals surface area contributed by atoms with Crippen LogP contribution in [-0.2, 0) is 13.3 Å². The lowest BCUT2D eigenvalue weighted by atomic mass is 10.2. The minimum absolute atomic E-state index is 0.216. The van der Waals surface area contributed by atoms with Crippen molar-refractivity contribution in [1.29, 1.82) is 0 Å². The van der Waals surface area contributed by atoms with E-state index in [0.29, 0.717) is 19.8 Å². The third-order valence-corrected chi connectivity index (χ3v) is 5.52. The molecule has 1 unspecified atom stereocenters. The second-order valence-electron chi connectivity index (χ2n) is 3.69. The standard InChI is InChI=1S/C11H27NO3Si/c1-5-11(12)9-10-16(13-6-2,14-7-3)15-8-4/h11H,5-10,12H2,1-4H3. The van der Waals surface area contributed by atoms with Crippen molar-refractivity contribution >= 4 is 8.80 Å². The molecule has 0 aromatic heterocycles. The summed E-state index contributed by atoms with van der Waals surface area (Å²) in [4.78, 5) is 0. The van der Waals surface area contributed by atoms with Gasteiger partial charge in [-0.15, -0.1) is 0 Å². The summed E-state index contributed by atoms with van der Waals surface area (Å²) < 4.78 is 17.2. The van der Waals surface area contributed by atoms with Crippen molar-refractivity contribution in [3.05, 3.63) is 0 Å². The number of nitrogens with two attached hydrogens (primary N) is 1. The molecular formula is C11H27NO3Si. The van der Waals surface area contributed by atoms with Gasteiger partial charge in [-0.2, -0.15) is 0 Å². The molecule has 0 bridgehead atoms. The molecule has 0 fully saturated rings. The van der Waals surface area contributed by atoms with E-state index in [1.807, 2.05) is 20.8 Å². The van der Waals surface area contributed by atoms with Crippen LogP contribution in [0.3, 0.4) is 0 Å². The van der Waals surface area contributed by atoms with Crippen LogP contribution in [-0.4, -0.2) is 34.7 Å². The van der Waals surface area contributed by atoms with Crippen LogP contribution in [0.5, 0.6) is 0 Å². The Balaban J connectivity index is 4.34. The lowest BCUT2D eigenvalue weighted by Gasteiger charge is -2.29. The summed E-state index contributed by atoms with van der Waals surface area (Å²) in [6, 6.07) is 1.03. The first-order valence-electron chi connectivity index (χ1n) is 6.31. The predicted octanol–water partition coefficient (Wildman–Crippen LogP) is 2.16. The monoisotopic (exact) mass is 249 g/mol. The van der Waals surface area contributed by atoms with Crippen molar-refractivity contribution in [3.63, 3.8) is 0 Å². The van der Waals surface area contributed by atoms with Gasteiger partial charge in [0.25, 0.3) is 0 Å². The van der Waals surface area contributed by atoms with E-state index in [1.165, 1.54) is 0 Å². The average Bonchev–Trinajstić information content (AvgIpc) is 2.27. The zero-order chi connectivity index (χ0) is 12.4. The highest BCUT2D eigenvalue weighted by Crippen LogP contribution is 2.19. The molecule has 16 heavy (non-hydrogen) atoms.